The molecule has 18 heavy (non-hydrogen) atoms. The molecular weight excluding hydrogens is 228 g/mol. The lowest BCUT2D eigenvalue weighted by Gasteiger charge is -2.21. The first-order valence-corrected chi connectivity index (χ1v) is 5.91. The summed E-state index contributed by atoms with van der Waals surface area (Å²) in [7, 11) is 0. The van der Waals surface area contributed by atoms with Gasteiger partial charge in [-0.1, -0.05) is 39.0 Å². The van der Waals surface area contributed by atoms with Gasteiger partial charge in [0.05, 0.1) is 6.61 Å². The molecule has 3 heteroatoms. The fourth-order valence-corrected chi connectivity index (χ4v) is 1.79. The third-order valence-corrected chi connectivity index (χ3v) is 2.92. The van der Waals surface area contributed by atoms with Crippen molar-refractivity contribution < 1.29 is 15.0 Å². The first-order valence-electron chi connectivity index (χ1n) is 5.91. The number of hydrogen-bond acceptors (Lipinski definition) is 2. The van der Waals surface area contributed by atoms with E-state index in [0.717, 1.165) is 22.8 Å². The monoisotopic (exact) mass is 248 g/mol. The topological polar surface area (TPSA) is 57.5 Å². The molecule has 0 aliphatic heterocycles. The molecule has 0 aromatic heterocycles. The van der Waals surface area contributed by atoms with Crippen molar-refractivity contribution in [1.29, 1.82) is 0 Å². The predicted octanol–water partition coefficient (Wildman–Crippen LogP) is 2.75. The van der Waals surface area contributed by atoms with Crippen LogP contribution in [-0.4, -0.2) is 22.8 Å². The number of hydrogen-bond donors (Lipinski definition) is 2. The van der Waals surface area contributed by atoms with Gasteiger partial charge in [0.1, 0.15) is 0 Å². The van der Waals surface area contributed by atoms with Gasteiger partial charge < -0.3 is 10.2 Å². The summed E-state index contributed by atoms with van der Waals surface area (Å²) in [5.41, 5.74) is 3.31. The molecule has 0 amide bonds. The van der Waals surface area contributed by atoms with Gasteiger partial charge in [0.25, 0.3) is 0 Å². The normalized spacial score (nSPS) is 12.6. The van der Waals surface area contributed by atoms with Gasteiger partial charge in [-0.05, 0) is 34.6 Å². The van der Waals surface area contributed by atoms with Crippen molar-refractivity contribution in [2.24, 2.45) is 0 Å². The maximum Gasteiger partial charge on any atom is 0.328 e. The van der Waals surface area contributed by atoms with Gasteiger partial charge in [0, 0.05) is 6.08 Å². The lowest BCUT2D eigenvalue weighted by atomic mass is 9.84. The van der Waals surface area contributed by atoms with Crippen LogP contribution in [0.1, 0.15) is 37.5 Å². The zero-order chi connectivity index (χ0) is 13.9. The van der Waals surface area contributed by atoms with Gasteiger partial charge in [-0.25, -0.2) is 4.79 Å². The number of aryl methyl sites for hydroxylation is 1. The Kier molecular flexibility index (Phi) is 4.30. The molecule has 98 valence electrons. The van der Waals surface area contributed by atoms with Crippen LogP contribution in [0.4, 0.5) is 0 Å². The number of aliphatic hydroxyl groups is 1. The molecule has 1 aromatic rings. The molecule has 0 unspecified atom stereocenters. The first kappa shape index (κ1) is 14.5. The van der Waals surface area contributed by atoms with Crippen LogP contribution >= 0.6 is 0 Å². The van der Waals surface area contributed by atoms with Gasteiger partial charge in [-0.2, -0.15) is 0 Å². The summed E-state index contributed by atoms with van der Waals surface area (Å²) in [6.07, 6.45) is 1.06. The number of aliphatic carboxylic acids is 1. The third kappa shape index (κ3) is 3.44. The quantitative estimate of drug-likeness (QED) is 0.809. The average molecular weight is 248 g/mol. The van der Waals surface area contributed by atoms with Crippen molar-refractivity contribution >= 4 is 11.5 Å². The van der Waals surface area contributed by atoms with Gasteiger partial charge in [-0.15, -0.1) is 0 Å². The molecule has 0 atom stereocenters. The summed E-state index contributed by atoms with van der Waals surface area (Å²) in [6.45, 7) is 7.93. The fourth-order valence-electron chi connectivity index (χ4n) is 1.79. The Hall–Kier alpha value is -1.61. The summed E-state index contributed by atoms with van der Waals surface area (Å²) in [4.78, 5) is 10.7. The number of aliphatic hydroxyl groups excluding tert-OH is 1. The van der Waals surface area contributed by atoms with E-state index in [9.17, 15) is 9.90 Å². The second-order valence-corrected chi connectivity index (χ2v) is 5.45. The molecule has 0 heterocycles. The van der Waals surface area contributed by atoms with Gasteiger partial charge in [0.15, 0.2) is 0 Å². The van der Waals surface area contributed by atoms with Gasteiger partial charge >= 0.3 is 5.97 Å². The van der Waals surface area contributed by atoms with E-state index in [4.69, 9.17) is 5.11 Å². The van der Waals surface area contributed by atoms with Gasteiger partial charge in [-0.3, -0.25) is 0 Å². The van der Waals surface area contributed by atoms with Crippen LogP contribution in [0.2, 0.25) is 0 Å². The number of rotatable bonds is 3. The molecule has 0 radical (unpaired) electrons. The van der Waals surface area contributed by atoms with Crippen molar-refractivity contribution in [1.82, 2.24) is 0 Å². The first-order chi connectivity index (χ1) is 8.25. The fraction of sp³-hybridized carbons (Fsp3) is 0.400. The summed E-state index contributed by atoms with van der Waals surface area (Å²) in [5.74, 6) is -1.04. The Bertz CT molecular complexity index is 479. The van der Waals surface area contributed by atoms with Crippen molar-refractivity contribution in [3.8, 4) is 0 Å². The van der Waals surface area contributed by atoms with Crippen molar-refractivity contribution in [3.63, 3.8) is 0 Å². The van der Waals surface area contributed by atoms with E-state index in [1.165, 1.54) is 0 Å². The summed E-state index contributed by atoms with van der Waals surface area (Å²) in [5, 5.41) is 18.1. The van der Waals surface area contributed by atoms with Crippen molar-refractivity contribution in [2.45, 2.75) is 33.1 Å². The highest BCUT2D eigenvalue weighted by Crippen LogP contribution is 2.27. The second kappa shape index (κ2) is 5.36. The SMILES string of the molecule is Cc1ccc(C(C)(C)C)cc1/C(=C/C(=O)O)CO. The maximum absolute atomic E-state index is 10.7. The standard InChI is InChI=1S/C15H20O3/c1-10-5-6-12(15(2,3)4)8-13(10)11(9-16)7-14(17)18/h5-8,16H,9H2,1-4H3,(H,17,18)/b11-7+. The van der Waals surface area contributed by atoms with E-state index >= 15 is 0 Å². The Morgan fingerprint density at radius 3 is 2.39 bits per heavy atom. The van der Waals surface area contributed by atoms with E-state index in [2.05, 4.69) is 20.8 Å². The second-order valence-electron chi connectivity index (χ2n) is 5.45. The molecule has 0 saturated carbocycles. The highest BCUT2D eigenvalue weighted by molar-refractivity contribution is 5.90. The van der Waals surface area contributed by atoms with E-state index in [1.54, 1.807) is 0 Å². The third-order valence-electron chi connectivity index (χ3n) is 2.92. The molecule has 1 aromatic carbocycles. The largest absolute Gasteiger partial charge is 0.478 e. The van der Waals surface area contributed by atoms with Crippen LogP contribution in [0.3, 0.4) is 0 Å². The summed E-state index contributed by atoms with van der Waals surface area (Å²) >= 11 is 0. The molecule has 1 rings (SSSR count). The lowest BCUT2D eigenvalue weighted by Crippen LogP contribution is -2.12. The molecule has 0 aliphatic rings. The van der Waals surface area contributed by atoms with E-state index in [1.807, 2.05) is 25.1 Å². The number of carboxylic acid groups (broad SMARTS) is 1. The zero-order valence-corrected chi connectivity index (χ0v) is 11.3. The molecule has 0 fully saturated rings. The predicted molar refractivity (Wildman–Crippen MR) is 72.6 cm³/mol. The minimum atomic E-state index is -1.04. The number of carboxylic acids is 1. The molecule has 0 bridgehead atoms. The number of carbonyl (C=O) groups is 1. The Morgan fingerprint density at radius 1 is 1.33 bits per heavy atom. The zero-order valence-electron chi connectivity index (χ0n) is 11.3. The molecule has 0 saturated heterocycles. The smallest absolute Gasteiger partial charge is 0.328 e. The Labute approximate surface area is 108 Å². The summed E-state index contributed by atoms with van der Waals surface area (Å²) in [6, 6.07) is 5.95. The molecule has 0 aliphatic carbocycles. The summed E-state index contributed by atoms with van der Waals surface area (Å²) < 4.78 is 0. The van der Waals surface area contributed by atoms with Gasteiger partial charge in [0.2, 0.25) is 0 Å². The molecule has 2 N–H and O–H groups in total. The average Bonchev–Trinajstić information content (AvgIpc) is 2.25. The highest BCUT2D eigenvalue weighted by atomic mass is 16.4. The minimum absolute atomic E-state index is 0.00770. The van der Waals surface area contributed by atoms with E-state index < -0.39 is 5.97 Å². The number of benzene rings is 1. The Balaban J connectivity index is 3.35. The van der Waals surface area contributed by atoms with Crippen LogP contribution in [0, 0.1) is 6.92 Å². The Morgan fingerprint density at radius 2 is 1.94 bits per heavy atom. The molecule has 0 spiro atoms. The van der Waals surface area contributed by atoms with Crippen molar-refractivity contribution in [2.75, 3.05) is 6.61 Å². The van der Waals surface area contributed by atoms with Crippen LogP contribution in [-0.2, 0) is 10.2 Å². The van der Waals surface area contributed by atoms with Crippen LogP contribution in [0.25, 0.3) is 5.57 Å². The van der Waals surface area contributed by atoms with Crippen molar-refractivity contribution in [3.05, 3.63) is 41.0 Å². The van der Waals surface area contributed by atoms with Crippen LogP contribution in [0.15, 0.2) is 24.3 Å². The molecule has 3 nitrogen and oxygen atoms in total. The lowest BCUT2D eigenvalue weighted by molar-refractivity contribution is -0.131. The highest BCUT2D eigenvalue weighted by Gasteiger charge is 2.16. The van der Waals surface area contributed by atoms with Crippen LogP contribution < -0.4 is 0 Å². The van der Waals surface area contributed by atoms with Crippen LogP contribution in [0.5, 0.6) is 0 Å². The maximum atomic E-state index is 10.7. The van der Waals surface area contributed by atoms with E-state index in [0.29, 0.717) is 5.57 Å². The minimum Gasteiger partial charge on any atom is -0.478 e. The molecular formula is C15H20O3. The van der Waals surface area contributed by atoms with E-state index in [-0.39, 0.29) is 12.0 Å².